The Morgan fingerprint density at radius 1 is 1.16 bits per heavy atom. The number of carbonyl (C=O) groups is 1. The zero-order valence-corrected chi connectivity index (χ0v) is 16.2. The number of hydrogen-bond acceptors (Lipinski definition) is 4. The maximum atomic E-state index is 12.3. The largest absolute Gasteiger partial charge is 0.492 e. The van der Waals surface area contributed by atoms with E-state index in [2.05, 4.69) is 26.0 Å². The van der Waals surface area contributed by atoms with E-state index in [4.69, 9.17) is 4.74 Å². The van der Waals surface area contributed by atoms with Gasteiger partial charge in [-0.2, -0.15) is 4.72 Å². The molecule has 0 aliphatic heterocycles. The normalized spacial score (nSPS) is 12.4. The predicted octanol–water partition coefficient (Wildman–Crippen LogP) is 3.15. The van der Waals surface area contributed by atoms with Gasteiger partial charge >= 0.3 is 0 Å². The number of para-hydroxylation sites is 2. The van der Waals surface area contributed by atoms with Crippen molar-refractivity contribution in [1.82, 2.24) is 4.72 Å². The molecule has 0 heterocycles. The fourth-order valence-electron chi connectivity index (χ4n) is 2.06. The SMILES string of the molecule is CCOc1ccccc1NC(=O)[C@H](C)NS(=O)(=O)c1ccc(Br)cc1. The highest BCUT2D eigenvalue weighted by atomic mass is 79.9. The van der Waals surface area contributed by atoms with E-state index >= 15 is 0 Å². The number of rotatable bonds is 7. The molecule has 0 aliphatic carbocycles. The molecule has 0 unspecified atom stereocenters. The van der Waals surface area contributed by atoms with E-state index in [1.807, 2.05) is 6.92 Å². The van der Waals surface area contributed by atoms with Crippen LogP contribution in [0.3, 0.4) is 0 Å². The number of sulfonamides is 1. The molecule has 2 rings (SSSR count). The zero-order valence-electron chi connectivity index (χ0n) is 13.8. The quantitative estimate of drug-likeness (QED) is 0.711. The average molecular weight is 427 g/mol. The van der Waals surface area contributed by atoms with Gasteiger partial charge in [-0.15, -0.1) is 0 Å². The van der Waals surface area contributed by atoms with E-state index in [1.54, 1.807) is 36.4 Å². The van der Waals surface area contributed by atoms with E-state index < -0.39 is 22.0 Å². The second-order valence-corrected chi connectivity index (χ2v) is 7.84. The molecule has 2 aromatic rings. The third kappa shape index (κ3) is 5.29. The predicted molar refractivity (Wildman–Crippen MR) is 100 cm³/mol. The molecule has 0 saturated heterocycles. The average Bonchev–Trinajstić information content (AvgIpc) is 2.57. The number of carbonyl (C=O) groups excluding carboxylic acids is 1. The smallest absolute Gasteiger partial charge is 0.242 e. The number of ether oxygens (including phenoxy) is 1. The number of amides is 1. The highest BCUT2D eigenvalue weighted by molar-refractivity contribution is 9.10. The third-order valence-electron chi connectivity index (χ3n) is 3.29. The van der Waals surface area contributed by atoms with Gasteiger partial charge in [0.1, 0.15) is 5.75 Å². The molecule has 1 amide bonds. The number of halogens is 1. The molecule has 2 aromatic carbocycles. The molecule has 6 nitrogen and oxygen atoms in total. The lowest BCUT2D eigenvalue weighted by atomic mass is 10.2. The molecule has 8 heteroatoms. The third-order valence-corrected chi connectivity index (χ3v) is 5.38. The molecular formula is C17H19BrN2O4S. The van der Waals surface area contributed by atoms with Crippen molar-refractivity contribution in [2.75, 3.05) is 11.9 Å². The van der Waals surface area contributed by atoms with Gasteiger partial charge < -0.3 is 10.1 Å². The standard InChI is InChI=1S/C17H19BrN2O4S/c1-3-24-16-7-5-4-6-15(16)19-17(21)12(2)20-25(22,23)14-10-8-13(18)9-11-14/h4-12,20H,3H2,1-2H3,(H,19,21)/t12-/m0/s1. The van der Waals surface area contributed by atoms with Crippen LogP contribution in [0.5, 0.6) is 5.75 Å². The van der Waals surface area contributed by atoms with Gasteiger partial charge in [-0.1, -0.05) is 28.1 Å². The van der Waals surface area contributed by atoms with Crippen LogP contribution in [0.2, 0.25) is 0 Å². The molecule has 0 aliphatic rings. The molecule has 134 valence electrons. The molecule has 2 N–H and O–H groups in total. The zero-order chi connectivity index (χ0) is 18.4. The highest BCUT2D eigenvalue weighted by Crippen LogP contribution is 2.24. The lowest BCUT2D eigenvalue weighted by Gasteiger charge is -2.16. The second-order valence-electron chi connectivity index (χ2n) is 5.22. The first kappa shape index (κ1) is 19.4. The summed E-state index contributed by atoms with van der Waals surface area (Å²) < 4.78 is 33.3. The minimum Gasteiger partial charge on any atom is -0.492 e. The minimum atomic E-state index is -3.80. The van der Waals surface area contributed by atoms with Crippen molar-refractivity contribution < 1.29 is 17.9 Å². The van der Waals surface area contributed by atoms with Crippen molar-refractivity contribution in [3.8, 4) is 5.75 Å². The summed E-state index contributed by atoms with van der Waals surface area (Å²) in [6.07, 6.45) is 0. The van der Waals surface area contributed by atoms with Gasteiger partial charge in [-0.05, 0) is 50.2 Å². The molecule has 0 fully saturated rings. The summed E-state index contributed by atoms with van der Waals surface area (Å²) in [6.45, 7) is 3.78. The molecule has 0 spiro atoms. The lowest BCUT2D eigenvalue weighted by Crippen LogP contribution is -2.41. The second kappa shape index (κ2) is 8.46. The van der Waals surface area contributed by atoms with Crippen molar-refractivity contribution in [2.45, 2.75) is 24.8 Å². The Kier molecular flexibility index (Phi) is 6.57. The number of anilines is 1. The Morgan fingerprint density at radius 3 is 2.44 bits per heavy atom. The summed E-state index contributed by atoms with van der Waals surface area (Å²) in [4.78, 5) is 12.4. The number of benzene rings is 2. The van der Waals surface area contributed by atoms with Crippen LogP contribution in [0.25, 0.3) is 0 Å². The molecule has 0 saturated carbocycles. The van der Waals surface area contributed by atoms with E-state index in [0.717, 1.165) is 4.47 Å². The Bertz CT molecular complexity index is 838. The van der Waals surface area contributed by atoms with E-state index in [9.17, 15) is 13.2 Å². The summed E-state index contributed by atoms with van der Waals surface area (Å²) in [5.41, 5.74) is 0.490. The van der Waals surface area contributed by atoms with Crippen molar-refractivity contribution in [1.29, 1.82) is 0 Å². The van der Waals surface area contributed by atoms with Crippen LogP contribution in [0.1, 0.15) is 13.8 Å². The van der Waals surface area contributed by atoms with E-state index in [-0.39, 0.29) is 4.90 Å². The first-order chi connectivity index (χ1) is 11.8. The van der Waals surface area contributed by atoms with Crippen LogP contribution in [0.15, 0.2) is 57.9 Å². The van der Waals surface area contributed by atoms with Crippen LogP contribution < -0.4 is 14.8 Å². The van der Waals surface area contributed by atoms with Crippen LogP contribution in [0, 0.1) is 0 Å². The van der Waals surface area contributed by atoms with Crippen LogP contribution in [0.4, 0.5) is 5.69 Å². The number of hydrogen-bond donors (Lipinski definition) is 2. The Hall–Kier alpha value is -1.90. The van der Waals surface area contributed by atoms with Crippen molar-refractivity contribution >= 4 is 37.5 Å². The fourth-order valence-corrected chi connectivity index (χ4v) is 3.53. The summed E-state index contributed by atoms with van der Waals surface area (Å²) in [5.74, 6) is 0.0501. The van der Waals surface area contributed by atoms with Crippen LogP contribution in [-0.2, 0) is 14.8 Å². The van der Waals surface area contributed by atoms with Gasteiger partial charge in [0.2, 0.25) is 15.9 Å². The maximum absolute atomic E-state index is 12.3. The highest BCUT2D eigenvalue weighted by Gasteiger charge is 2.22. The van der Waals surface area contributed by atoms with Gasteiger partial charge in [-0.3, -0.25) is 4.79 Å². The van der Waals surface area contributed by atoms with E-state index in [0.29, 0.717) is 18.0 Å². The summed E-state index contributed by atoms with van der Waals surface area (Å²) in [7, 11) is -3.80. The molecule has 0 aromatic heterocycles. The van der Waals surface area contributed by atoms with Crippen LogP contribution >= 0.6 is 15.9 Å². The van der Waals surface area contributed by atoms with Crippen molar-refractivity contribution in [2.24, 2.45) is 0 Å². The van der Waals surface area contributed by atoms with Gasteiger partial charge in [-0.25, -0.2) is 8.42 Å². The minimum absolute atomic E-state index is 0.0880. The molecule has 0 radical (unpaired) electrons. The summed E-state index contributed by atoms with van der Waals surface area (Å²) in [5, 5.41) is 2.68. The Balaban J connectivity index is 2.09. The first-order valence-electron chi connectivity index (χ1n) is 7.64. The maximum Gasteiger partial charge on any atom is 0.242 e. The summed E-state index contributed by atoms with van der Waals surface area (Å²) >= 11 is 3.25. The van der Waals surface area contributed by atoms with Crippen LogP contribution in [-0.4, -0.2) is 27.0 Å². The van der Waals surface area contributed by atoms with Gasteiger partial charge in [0.05, 0.1) is 23.2 Å². The molecular weight excluding hydrogens is 408 g/mol. The van der Waals surface area contributed by atoms with E-state index in [1.165, 1.54) is 19.1 Å². The molecule has 1 atom stereocenters. The molecule has 0 bridgehead atoms. The number of nitrogens with one attached hydrogen (secondary N) is 2. The van der Waals surface area contributed by atoms with Gasteiger partial charge in [0.15, 0.2) is 0 Å². The Morgan fingerprint density at radius 2 is 1.80 bits per heavy atom. The van der Waals surface area contributed by atoms with Gasteiger partial charge in [0, 0.05) is 4.47 Å². The van der Waals surface area contributed by atoms with Gasteiger partial charge in [0.25, 0.3) is 0 Å². The molecule has 25 heavy (non-hydrogen) atoms. The van der Waals surface area contributed by atoms with Crippen molar-refractivity contribution in [3.05, 3.63) is 53.0 Å². The Labute approximate surface area is 155 Å². The monoisotopic (exact) mass is 426 g/mol. The lowest BCUT2D eigenvalue weighted by molar-refractivity contribution is -0.117. The topological polar surface area (TPSA) is 84.5 Å². The fraction of sp³-hybridized carbons (Fsp3) is 0.235. The summed E-state index contributed by atoms with van der Waals surface area (Å²) in [6, 6.07) is 12.2. The van der Waals surface area contributed by atoms with Crippen molar-refractivity contribution in [3.63, 3.8) is 0 Å². The first-order valence-corrected chi connectivity index (χ1v) is 9.91.